The molecule has 0 radical (unpaired) electrons. The Kier molecular flexibility index (Phi) is 3.76. The Labute approximate surface area is 99.6 Å². The summed E-state index contributed by atoms with van der Waals surface area (Å²) in [5.41, 5.74) is 0. The van der Waals surface area contributed by atoms with Gasteiger partial charge in [0.25, 0.3) is 0 Å². The topological polar surface area (TPSA) is 38.1 Å². The van der Waals surface area contributed by atoms with Crippen molar-refractivity contribution in [1.29, 1.82) is 0 Å². The summed E-state index contributed by atoms with van der Waals surface area (Å²) in [4.78, 5) is 4.15. The fourth-order valence-electron chi connectivity index (χ4n) is 2.15. The van der Waals surface area contributed by atoms with Gasteiger partial charge in [-0.1, -0.05) is 6.92 Å². The van der Waals surface area contributed by atoms with Crippen LogP contribution in [-0.2, 0) is 6.54 Å². The smallest absolute Gasteiger partial charge is 0.248 e. The highest BCUT2D eigenvalue weighted by atomic mass is 19.3. The number of hydrogen-bond donors (Lipinski definition) is 1. The van der Waals surface area contributed by atoms with E-state index in [4.69, 9.17) is 4.42 Å². The number of oxazole rings is 1. The van der Waals surface area contributed by atoms with Crippen LogP contribution in [0.4, 0.5) is 8.78 Å². The highest BCUT2D eigenvalue weighted by Crippen LogP contribution is 2.40. The predicted octanol–water partition coefficient (Wildman–Crippen LogP) is 3.08. The summed E-state index contributed by atoms with van der Waals surface area (Å²) in [5.74, 6) is -0.978. The lowest BCUT2D eigenvalue weighted by molar-refractivity contribution is -0.0395. The van der Waals surface area contributed by atoms with Crippen LogP contribution in [0, 0.1) is 0 Å². The molecule has 0 aliphatic heterocycles. The Morgan fingerprint density at radius 1 is 1.47 bits per heavy atom. The molecule has 1 saturated carbocycles. The van der Waals surface area contributed by atoms with Gasteiger partial charge < -0.3 is 9.73 Å². The Morgan fingerprint density at radius 2 is 2.18 bits per heavy atom. The molecule has 0 atom stereocenters. The minimum atomic E-state index is -2.48. The molecule has 1 fully saturated rings. The van der Waals surface area contributed by atoms with E-state index in [1.54, 1.807) is 6.20 Å². The van der Waals surface area contributed by atoms with Gasteiger partial charge in [0.1, 0.15) is 5.76 Å². The van der Waals surface area contributed by atoms with Crippen molar-refractivity contribution in [3.8, 4) is 0 Å². The molecule has 0 unspecified atom stereocenters. The normalized spacial score (nSPS) is 20.6. The first-order valence-electron chi connectivity index (χ1n) is 6.14. The van der Waals surface area contributed by atoms with Crippen LogP contribution in [-0.4, -0.2) is 17.5 Å². The van der Waals surface area contributed by atoms with Crippen LogP contribution < -0.4 is 5.32 Å². The van der Waals surface area contributed by atoms with Gasteiger partial charge in [-0.05, 0) is 19.4 Å². The fraction of sp³-hybridized carbons (Fsp3) is 0.750. The molecule has 1 aromatic rings. The maximum Gasteiger partial charge on any atom is 0.248 e. The molecule has 1 aliphatic carbocycles. The van der Waals surface area contributed by atoms with E-state index in [9.17, 15) is 8.78 Å². The number of hydrogen-bond acceptors (Lipinski definition) is 3. The van der Waals surface area contributed by atoms with Crippen molar-refractivity contribution in [2.45, 2.75) is 51.0 Å². The standard InChI is InChI=1S/C12H18F2N2O/c1-2-15-8-11-16-7-10(17-11)9-3-5-12(13,14)6-4-9/h7,9,15H,2-6,8H2,1H3. The van der Waals surface area contributed by atoms with E-state index >= 15 is 0 Å². The lowest BCUT2D eigenvalue weighted by atomic mass is 9.85. The molecule has 0 bridgehead atoms. The molecule has 5 heteroatoms. The third-order valence-corrected chi connectivity index (χ3v) is 3.22. The molecule has 96 valence electrons. The van der Waals surface area contributed by atoms with Crippen molar-refractivity contribution in [1.82, 2.24) is 10.3 Å². The largest absolute Gasteiger partial charge is 0.444 e. The Balaban J connectivity index is 1.92. The fourth-order valence-corrected chi connectivity index (χ4v) is 2.15. The monoisotopic (exact) mass is 244 g/mol. The minimum absolute atomic E-state index is 0.0408. The second kappa shape index (κ2) is 5.12. The highest BCUT2D eigenvalue weighted by molar-refractivity contribution is 5.04. The molecule has 1 heterocycles. The van der Waals surface area contributed by atoms with Crippen molar-refractivity contribution < 1.29 is 13.2 Å². The lowest BCUT2D eigenvalue weighted by Gasteiger charge is -2.26. The van der Waals surface area contributed by atoms with Gasteiger partial charge in [-0.15, -0.1) is 0 Å². The average molecular weight is 244 g/mol. The summed E-state index contributed by atoms with van der Waals surface area (Å²) in [6.45, 7) is 3.46. The van der Waals surface area contributed by atoms with Crippen molar-refractivity contribution in [2.24, 2.45) is 0 Å². The summed E-state index contributed by atoms with van der Waals surface area (Å²) in [7, 11) is 0. The number of rotatable bonds is 4. The first-order valence-corrected chi connectivity index (χ1v) is 6.14. The molecule has 0 spiro atoms. The van der Waals surface area contributed by atoms with E-state index in [0.717, 1.165) is 12.3 Å². The van der Waals surface area contributed by atoms with Crippen molar-refractivity contribution >= 4 is 0 Å². The van der Waals surface area contributed by atoms with E-state index in [-0.39, 0.29) is 18.8 Å². The van der Waals surface area contributed by atoms with Crippen LogP contribution in [0.5, 0.6) is 0 Å². The van der Waals surface area contributed by atoms with Crippen LogP contribution in [0.1, 0.15) is 50.2 Å². The summed E-state index contributed by atoms with van der Waals surface area (Å²) < 4.78 is 31.6. The minimum Gasteiger partial charge on any atom is -0.444 e. The zero-order chi connectivity index (χ0) is 12.3. The summed E-state index contributed by atoms with van der Waals surface area (Å²) in [6.07, 6.45) is 2.58. The molecule has 1 aromatic heterocycles. The summed E-state index contributed by atoms with van der Waals surface area (Å²) in [5, 5.41) is 3.12. The second-order valence-corrected chi connectivity index (χ2v) is 4.57. The van der Waals surface area contributed by atoms with Gasteiger partial charge in [-0.3, -0.25) is 0 Å². The van der Waals surface area contributed by atoms with Crippen molar-refractivity contribution in [3.63, 3.8) is 0 Å². The molecule has 1 aliphatic rings. The Bertz CT molecular complexity index is 355. The number of aromatic nitrogens is 1. The molecular formula is C12H18F2N2O. The number of nitrogens with one attached hydrogen (secondary N) is 1. The molecule has 17 heavy (non-hydrogen) atoms. The SMILES string of the molecule is CCNCc1ncc(C2CCC(F)(F)CC2)o1. The third-order valence-electron chi connectivity index (χ3n) is 3.22. The predicted molar refractivity (Wildman–Crippen MR) is 60.0 cm³/mol. The van der Waals surface area contributed by atoms with Gasteiger partial charge in [0.15, 0.2) is 0 Å². The molecule has 0 amide bonds. The number of halogens is 2. The van der Waals surface area contributed by atoms with Gasteiger partial charge in [0, 0.05) is 18.8 Å². The van der Waals surface area contributed by atoms with E-state index in [1.165, 1.54) is 0 Å². The van der Waals surface area contributed by atoms with Crippen LogP contribution >= 0.6 is 0 Å². The van der Waals surface area contributed by atoms with Crippen molar-refractivity contribution in [3.05, 3.63) is 17.8 Å². The van der Waals surface area contributed by atoms with E-state index in [2.05, 4.69) is 10.3 Å². The average Bonchev–Trinajstić information content (AvgIpc) is 2.75. The second-order valence-electron chi connectivity index (χ2n) is 4.57. The zero-order valence-corrected chi connectivity index (χ0v) is 10.0. The lowest BCUT2D eigenvalue weighted by Crippen LogP contribution is -2.23. The first kappa shape index (κ1) is 12.5. The van der Waals surface area contributed by atoms with E-state index in [0.29, 0.717) is 25.3 Å². The summed E-state index contributed by atoms with van der Waals surface area (Å²) >= 11 is 0. The van der Waals surface area contributed by atoms with Crippen molar-refractivity contribution in [2.75, 3.05) is 6.54 Å². The number of nitrogens with zero attached hydrogens (tertiary/aromatic N) is 1. The van der Waals surface area contributed by atoms with Crippen LogP contribution in [0.15, 0.2) is 10.6 Å². The molecular weight excluding hydrogens is 226 g/mol. The summed E-state index contributed by atoms with van der Waals surface area (Å²) in [6, 6.07) is 0. The van der Waals surface area contributed by atoms with Crippen LogP contribution in [0.25, 0.3) is 0 Å². The van der Waals surface area contributed by atoms with Gasteiger partial charge in [0.05, 0.1) is 12.7 Å². The molecule has 0 saturated heterocycles. The number of alkyl halides is 2. The van der Waals surface area contributed by atoms with Gasteiger partial charge in [-0.2, -0.15) is 0 Å². The van der Waals surface area contributed by atoms with Gasteiger partial charge in [-0.25, -0.2) is 13.8 Å². The zero-order valence-electron chi connectivity index (χ0n) is 10.0. The molecule has 1 N–H and O–H groups in total. The van der Waals surface area contributed by atoms with Gasteiger partial charge >= 0.3 is 0 Å². The van der Waals surface area contributed by atoms with E-state index < -0.39 is 5.92 Å². The van der Waals surface area contributed by atoms with Gasteiger partial charge in [0.2, 0.25) is 11.8 Å². The van der Waals surface area contributed by atoms with Crippen LogP contribution in [0.3, 0.4) is 0 Å². The van der Waals surface area contributed by atoms with E-state index in [1.807, 2.05) is 6.92 Å². The first-order chi connectivity index (χ1) is 8.11. The Morgan fingerprint density at radius 3 is 2.82 bits per heavy atom. The Hall–Kier alpha value is -0.970. The highest BCUT2D eigenvalue weighted by Gasteiger charge is 2.36. The van der Waals surface area contributed by atoms with Crippen LogP contribution in [0.2, 0.25) is 0 Å². The maximum atomic E-state index is 13.0. The molecule has 2 rings (SSSR count). The molecule has 3 nitrogen and oxygen atoms in total. The quantitative estimate of drug-likeness (QED) is 0.884. The maximum absolute atomic E-state index is 13.0. The third kappa shape index (κ3) is 3.25. The molecule has 0 aromatic carbocycles.